The largest absolute Gasteiger partial charge is 0.326 e. The van der Waals surface area contributed by atoms with E-state index in [0.29, 0.717) is 5.82 Å². The molecule has 3 aromatic rings. The standard InChI is InChI=1S/C18H17N5OS2/c1-11-8-20-18(25-11)23-15-9-19-10-16(22-15)26-14-6-4-13(5-7-14)21-17(24)12-2-3-12/h4-10,12H,2-3H2,1H3,(H,21,24)(H,20,22,23). The minimum Gasteiger partial charge on any atom is -0.326 e. The number of carbonyl (C=O) groups is 1. The van der Waals surface area contributed by atoms with Crippen LogP contribution in [0.1, 0.15) is 17.7 Å². The SMILES string of the molecule is Cc1cnc(Nc2cncc(Sc3ccc(NC(=O)C4CC4)cc3)n2)s1. The maximum absolute atomic E-state index is 11.8. The molecule has 2 N–H and O–H groups in total. The first kappa shape index (κ1) is 17.0. The van der Waals surface area contributed by atoms with Crippen molar-refractivity contribution in [1.29, 1.82) is 0 Å². The highest BCUT2D eigenvalue weighted by molar-refractivity contribution is 7.99. The number of nitrogens with one attached hydrogen (secondary N) is 2. The Bertz CT molecular complexity index is 921. The summed E-state index contributed by atoms with van der Waals surface area (Å²) in [5, 5.41) is 7.70. The van der Waals surface area contributed by atoms with Gasteiger partial charge < -0.3 is 10.6 Å². The highest BCUT2D eigenvalue weighted by Gasteiger charge is 2.29. The summed E-state index contributed by atoms with van der Waals surface area (Å²) in [6, 6.07) is 7.77. The van der Waals surface area contributed by atoms with Gasteiger partial charge in [-0.05, 0) is 44.0 Å². The summed E-state index contributed by atoms with van der Waals surface area (Å²) in [5.74, 6) is 0.987. The van der Waals surface area contributed by atoms with Gasteiger partial charge in [0.1, 0.15) is 5.03 Å². The predicted molar refractivity (Wildman–Crippen MR) is 104 cm³/mol. The topological polar surface area (TPSA) is 79.8 Å². The second-order valence-electron chi connectivity index (χ2n) is 6.03. The van der Waals surface area contributed by atoms with E-state index in [2.05, 4.69) is 25.6 Å². The number of anilines is 3. The summed E-state index contributed by atoms with van der Waals surface area (Å²) >= 11 is 3.09. The molecule has 0 aliphatic heterocycles. The van der Waals surface area contributed by atoms with Crippen LogP contribution in [-0.4, -0.2) is 20.9 Å². The molecule has 0 unspecified atom stereocenters. The zero-order chi connectivity index (χ0) is 17.9. The number of carbonyl (C=O) groups excluding carboxylic acids is 1. The molecule has 2 heterocycles. The minimum absolute atomic E-state index is 0.118. The van der Waals surface area contributed by atoms with Crippen LogP contribution < -0.4 is 10.6 Å². The fourth-order valence-electron chi connectivity index (χ4n) is 2.30. The molecule has 1 aliphatic rings. The molecule has 0 saturated heterocycles. The summed E-state index contributed by atoms with van der Waals surface area (Å²) < 4.78 is 0. The van der Waals surface area contributed by atoms with Gasteiger partial charge >= 0.3 is 0 Å². The van der Waals surface area contributed by atoms with Gasteiger partial charge in [0.05, 0.1) is 12.4 Å². The fraction of sp³-hybridized carbons (Fsp3) is 0.222. The molecule has 4 rings (SSSR count). The van der Waals surface area contributed by atoms with E-state index in [9.17, 15) is 4.79 Å². The Morgan fingerprint density at radius 1 is 1.19 bits per heavy atom. The second-order valence-corrected chi connectivity index (χ2v) is 8.36. The van der Waals surface area contributed by atoms with Crippen LogP contribution in [-0.2, 0) is 4.79 Å². The zero-order valence-corrected chi connectivity index (χ0v) is 15.7. The van der Waals surface area contributed by atoms with Crippen molar-refractivity contribution in [1.82, 2.24) is 15.0 Å². The van der Waals surface area contributed by atoms with Gasteiger partial charge in [0.25, 0.3) is 0 Å². The molecule has 1 fully saturated rings. The van der Waals surface area contributed by atoms with E-state index in [1.54, 1.807) is 23.7 Å². The van der Waals surface area contributed by atoms with Crippen LogP contribution in [0.2, 0.25) is 0 Å². The van der Waals surface area contributed by atoms with E-state index >= 15 is 0 Å². The van der Waals surface area contributed by atoms with Gasteiger partial charge in [-0.2, -0.15) is 0 Å². The zero-order valence-electron chi connectivity index (χ0n) is 14.1. The van der Waals surface area contributed by atoms with E-state index in [-0.39, 0.29) is 11.8 Å². The molecule has 1 aliphatic carbocycles. The Morgan fingerprint density at radius 3 is 2.69 bits per heavy atom. The molecule has 26 heavy (non-hydrogen) atoms. The van der Waals surface area contributed by atoms with E-state index in [4.69, 9.17) is 0 Å². The lowest BCUT2D eigenvalue weighted by atomic mass is 10.3. The van der Waals surface area contributed by atoms with Gasteiger partial charge in [0.15, 0.2) is 10.9 Å². The van der Waals surface area contributed by atoms with Crippen molar-refractivity contribution >= 4 is 45.6 Å². The Balaban J connectivity index is 1.40. The van der Waals surface area contributed by atoms with E-state index in [1.807, 2.05) is 37.4 Å². The highest BCUT2D eigenvalue weighted by Crippen LogP contribution is 2.31. The predicted octanol–water partition coefficient (Wildman–Crippen LogP) is 4.48. The molecule has 0 radical (unpaired) electrons. The van der Waals surface area contributed by atoms with Crippen LogP contribution in [0, 0.1) is 12.8 Å². The monoisotopic (exact) mass is 383 g/mol. The van der Waals surface area contributed by atoms with Crippen molar-refractivity contribution in [3.8, 4) is 0 Å². The quantitative estimate of drug-likeness (QED) is 0.653. The van der Waals surface area contributed by atoms with Crippen molar-refractivity contribution in [2.75, 3.05) is 10.6 Å². The van der Waals surface area contributed by atoms with Gasteiger partial charge in [-0.3, -0.25) is 9.78 Å². The molecule has 0 spiro atoms. The minimum atomic E-state index is 0.118. The van der Waals surface area contributed by atoms with Gasteiger partial charge in [0, 0.05) is 27.6 Å². The number of benzene rings is 1. The molecule has 6 nitrogen and oxygen atoms in total. The summed E-state index contributed by atoms with van der Waals surface area (Å²) in [6.45, 7) is 2.01. The molecule has 2 aromatic heterocycles. The average Bonchev–Trinajstić information content (AvgIpc) is 3.40. The Hall–Kier alpha value is -2.45. The lowest BCUT2D eigenvalue weighted by molar-refractivity contribution is -0.117. The number of hydrogen-bond acceptors (Lipinski definition) is 7. The number of amides is 1. The molecule has 0 bridgehead atoms. The maximum Gasteiger partial charge on any atom is 0.227 e. The van der Waals surface area contributed by atoms with Gasteiger partial charge in [-0.25, -0.2) is 9.97 Å². The molecule has 1 amide bonds. The normalized spacial score (nSPS) is 13.4. The molecule has 0 atom stereocenters. The smallest absolute Gasteiger partial charge is 0.227 e. The second kappa shape index (κ2) is 7.43. The molecular weight excluding hydrogens is 366 g/mol. The Labute approximate surface area is 159 Å². The number of rotatable bonds is 6. The van der Waals surface area contributed by atoms with Crippen LogP contribution in [0.4, 0.5) is 16.6 Å². The van der Waals surface area contributed by atoms with Crippen molar-refractivity contribution in [2.45, 2.75) is 29.7 Å². The van der Waals surface area contributed by atoms with Gasteiger partial charge in [-0.1, -0.05) is 11.8 Å². The number of hydrogen-bond donors (Lipinski definition) is 2. The molecular formula is C18H17N5OS2. The van der Waals surface area contributed by atoms with Crippen LogP contribution in [0.25, 0.3) is 0 Å². The third-order valence-corrected chi connectivity index (χ3v) is 5.50. The van der Waals surface area contributed by atoms with Crippen molar-refractivity contribution < 1.29 is 4.79 Å². The third-order valence-electron chi connectivity index (χ3n) is 3.76. The summed E-state index contributed by atoms with van der Waals surface area (Å²) in [4.78, 5) is 27.0. The van der Waals surface area contributed by atoms with Crippen molar-refractivity contribution in [3.63, 3.8) is 0 Å². The van der Waals surface area contributed by atoms with E-state index in [0.717, 1.165) is 38.5 Å². The third kappa shape index (κ3) is 4.39. The lowest BCUT2D eigenvalue weighted by Gasteiger charge is -2.06. The maximum atomic E-state index is 11.8. The first-order valence-electron chi connectivity index (χ1n) is 8.26. The average molecular weight is 384 g/mol. The van der Waals surface area contributed by atoms with Crippen LogP contribution in [0.5, 0.6) is 0 Å². The molecule has 132 valence electrons. The highest BCUT2D eigenvalue weighted by atomic mass is 32.2. The fourth-order valence-corrected chi connectivity index (χ4v) is 3.74. The Morgan fingerprint density at radius 2 is 2.00 bits per heavy atom. The molecule has 8 heteroatoms. The first-order chi connectivity index (χ1) is 12.7. The van der Waals surface area contributed by atoms with Crippen LogP contribution in [0.3, 0.4) is 0 Å². The van der Waals surface area contributed by atoms with E-state index in [1.165, 1.54) is 11.8 Å². The Kier molecular flexibility index (Phi) is 4.85. The van der Waals surface area contributed by atoms with Gasteiger partial charge in [-0.15, -0.1) is 11.3 Å². The first-order valence-corrected chi connectivity index (χ1v) is 9.89. The molecule has 1 aromatic carbocycles. The van der Waals surface area contributed by atoms with Crippen LogP contribution in [0.15, 0.2) is 52.8 Å². The summed E-state index contributed by atoms with van der Waals surface area (Å²) in [6.07, 6.45) is 7.23. The summed E-state index contributed by atoms with van der Waals surface area (Å²) in [7, 11) is 0. The van der Waals surface area contributed by atoms with Gasteiger partial charge in [0.2, 0.25) is 5.91 Å². The summed E-state index contributed by atoms with van der Waals surface area (Å²) in [5.41, 5.74) is 0.826. The number of aryl methyl sites for hydroxylation is 1. The number of aromatic nitrogens is 3. The van der Waals surface area contributed by atoms with Crippen molar-refractivity contribution in [2.24, 2.45) is 5.92 Å². The van der Waals surface area contributed by atoms with Crippen LogP contribution >= 0.6 is 23.1 Å². The molecule has 1 saturated carbocycles. The number of thiazole rings is 1. The lowest BCUT2D eigenvalue weighted by Crippen LogP contribution is -2.12. The number of nitrogens with zero attached hydrogens (tertiary/aromatic N) is 3. The van der Waals surface area contributed by atoms with Crippen molar-refractivity contribution in [3.05, 3.63) is 47.7 Å². The van der Waals surface area contributed by atoms with E-state index < -0.39 is 0 Å².